The highest BCUT2D eigenvalue weighted by Gasteiger charge is 2.20. The number of hydrogen-bond acceptors (Lipinski definition) is 8. The zero-order valence-electron chi connectivity index (χ0n) is 13.3. The molecule has 0 amide bonds. The highest BCUT2D eigenvalue weighted by molar-refractivity contribution is 8.07. The van der Waals surface area contributed by atoms with Gasteiger partial charge in [0, 0.05) is 40.1 Å². The largest absolute Gasteiger partial charge is 0.424 e. The van der Waals surface area contributed by atoms with Crippen LogP contribution in [0.25, 0.3) is 0 Å². The molecule has 0 aliphatic heterocycles. The molecule has 1 aromatic carbocycles. The molecule has 0 saturated carbocycles. The Balaban J connectivity index is 0.000000922. The highest BCUT2D eigenvalue weighted by Crippen LogP contribution is 2.48. The molecule has 0 radical (unpaired) electrons. The van der Waals surface area contributed by atoms with Crippen molar-refractivity contribution in [1.82, 2.24) is 4.31 Å². The van der Waals surface area contributed by atoms with E-state index in [-0.39, 0.29) is 4.90 Å². The van der Waals surface area contributed by atoms with E-state index in [2.05, 4.69) is 5.14 Å². The second kappa shape index (κ2) is 9.17. The van der Waals surface area contributed by atoms with E-state index in [4.69, 9.17) is 38.3 Å². The van der Waals surface area contributed by atoms with Crippen LogP contribution in [0.15, 0.2) is 29.2 Å². The lowest BCUT2D eigenvalue weighted by Gasteiger charge is -2.18. The number of nitrogens with zero attached hydrogens (tertiary/aromatic N) is 1. The predicted octanol–water partition coefficient (Wildman–Crippen LogP) is 0.581. The summed E-state index contributed by atoms with van der Waals surface area (Å²) in [7, 11) is -1.89. The van der Waals surface area contributed by atoms with Crippen molar-refractivity contribution >= 4 is 38.9 Å². The van der Waals surface area contributed by atoms with Crippen LogP contribution in [-0.4, -0.2) is 54.0 Å². The Morgan fingerprint density at radius 3 is 1.75 bits per heavy atom. The molecule has 3 N–H and O–H groups in total. The van der Waals surface area contributed by atoms with Gasteiger partial charge in [-0.15, -0.1) is 0 Å². The zero-order chi connectivity index (χ0) is 19.2. The van der Waals surface area contributed by atoms with Crippen molar-refractivity contribution in [2.45, 2.75) is 4.90 Å². The van der Waals surface area contributed by atoms with E-state index < -0.39 is 27.0 Å². The van der Waals surface area contributed by atoms with E-state index in [1.54, 1.807) is 0 Å². The topological polar surface area (TPSA) is 145 Å². The molecule has 10 nitrogen and oxygen atoms in total. The van der Waals surface area contributed by atoms with Crippen molar-refractivity contribution in [1.29, 1.82) is 0 Å². The van der Waals surface area contributed by atoms with Crippen LogP contribution in [0.1, 0.15) is 0 Å². The summed E-state index contributed by atoms with van der Waals surface area (Å²) in [5.41, 5.74) is 0. The molecule has 0 fully saturated rings. The lowest BCUT2D eigenvalue weighted by atomic mass is 10.3. The monoisotopic (exact) mass is 422 g/mol. The summed E-state index contributed by atoms with van der Waals surface area (Å²) in [6, 6.07) is 5.90. The second-order valence-electron chi connectivity index (χ2n) is 4.18. The molecule has 1 rings (SSSR count). The van der Waals surface area contributed by atoms with Gasteiger partial charge in [-0.3, -0.25) is 4.55 Å². The fraction of sp³-hybridized carbons (Fsp3) is 0.400. The molecular formula is C10H19N2O8PS3. The first kappa shape index (κ1) is 23.4. The van der Waals surface area contributed by atoms with Crippen molar-refractivity contribution in [2.24, 2.45) is 5.14 Å². The number of hydrogen-bond donors (Lipinski definition) is 2. The average molecular weight is 422 g/mol. The molecule has 0 spiro atoms. The number of sulfonamides is 1. The van der Waals surface area contributed by atoms with Gasteiger partial charge in [0.25, 0.3) is 0 Å². The van der Waals surface area contributed by atoms with Gasteiger partial charge >= 0.3 is 17.0 Å². The van der Waals surface area contributed by atoms with Gasteiger partial charge in [-0.2, -0.15) is 8.42 Å². The normalized spacial score (nSPS) is 12.5. The minimum Gasteiger partial charge on any atom is -0.424 e. The molecule has 0 aromatic heterocycles. The van der Waals surface area contributed by atoms with Crippen LogP contribution in [-0.2, 0) is 41.2 Å². The van der Waals surface area contributed by atoms with Gasteiger partial charge in [0.05, 0.1) is 4.90 Å². The molecule has 14 heteroatoms. The molecule has 24 heavy (non-hydrogen) atoms. The summed E-state index contributed by atoms with van der Waals surface area (Å²) in [4.78, 5) is 0.174. The standard InChI is InChI=1S/C10H16NO5PS2.H3NO3S/c1-11(2)19(12,13)10-7-5-9(6-8-10)16-17(18,14-3)15-4;1-5(2,3)4/h5-8H,1-4H3;(H3,1,2,3,4). The van der Waals surface area contributed by atoms with E-state index >= 15 is 0 Å². The van der Waals surface area contributed by atoms with Crippen LogP contribution in [0.5, 0.6) is 5.75 Å². The SMILES string of the molecule is COP(=S)(OC)Oc1ccc(S(=O)(=O)N(C)C)cc1.NS(=O)(=O)O. The van der Waals surface area contributed by atoms with E-state index in [9.17, 15) is 8.42 Å². The van der Waals surface area contributed by atoms with Crippen molar-refractivity contribution in [3.63, 3.8) is 0 Å². The van der Waals surface area contributed by atoms with Crippen LogP contribution in [0.2, 0.25) is 0 Å². The Bertz CT molecular complexity index is 761. The first-order valence-electron chi connectivity index (χ1n) is 5.94. The third-order valence-corrected chi connectivity index (χ3v) is 6.54. The Morgan fingerprint density at radius 1 is 1.08 bits per heavy atom. The lowest BCUT2D eigenvalue weighted by molar-refractivity contribution is 0.273. The van der Waals surface area contributed by atoms with Crippen molar-refractivity contribution in [2.75, 3.05) is 28.3 Å². The molecule has 0 unspecified atom stereocenters. The molecular weight excluding hydrogens is 403 g/mol. The number of benzene rings is 1. The molecule has 0 aliphatic carbocycles. The van der Waals surface area contributed by atoms with Gasteiger partial charge < -0.3 is 13.6 Å². The summed E-state index contributed by atoms with van der Waals surface area (Å²) >= 11 is 5.05. The lowest BCUT2D eigenvalue weighted by Crippen LogP contribution is -2.22. The molecule has 0 bridgehead atoms. The molecule has 0 saturated heterocycles. The highest BCUT2D eigenvalue weighted by atomic mass is 32.5. The Kier molecular flexibility index (Phi) is 8.93. The van der Waals surface area contributed by atoms with E-state index in [0.717, 1.165) is 4.31 Å². The fourth-order valence-electron chi connectivity index (χ4n) is 1.16. The van der Waals surface area contributed by atoms with Gasteiger partial charge in [0.2, 0.25) is 10.0 Å². The molecule has 140 valence electrons. The van der Waals surface area contributed by atoms with Crippen LogP contribution >= 0.6 is 6.72 Å². The zero-order valence-corrected chi connectivity index (χ0v) is 16.7. The van der Waals surface area contributed by atoms with Gasteiger partial charge in [-0.05, 0) is 24.3 Å². The van der Waals surface area contributed by atoms with Gasteiger partial charge in [0.1, 0.15) is 5.75 Å². The maximum atomic E-state index is 11.9. The summed E-state index contributed by atoms with van der Waals surface area (Å²) in [6.45, 7) is -2.80. The summed E-state index contributed by atoms with van der Waals surface area (Å²) in [6.07, 6.45) is 0. The quantitative estimate of drug-likeness (QED) is 0.496. The maximum Gasteiger partial charge on any atom is 0.380 e. The third-order valence-electron chi connectivity index (χ3n) is 2.27. The Morgan fingerprint density at radius 2 is 1.46 bits per heavy atom. The van der Waals surface area contributed by atoms with Crippen molar-refractivity contribution in [3.05, 3.63) is 24.3 Å². The van der Waals surface area contributed by atoms with E-state index in [1.165, 1.54) is 52.6 Å². The van der Waals surface area contributed by atoms with Crippen molar-refractivity contribution < 1.29 is 35.0 Å². The summed E-state index contributed by atoms with van der Waals surface area (Å²) in [5.74, 6) is 0.393. The number of rotatable bonds is 6. The van der Waals surface area contributed by atoms with Crippen LogP contribution in [0.3, 0.4) is 0 Å². The first-order chi connectivity index (χ1) is 10.7. The van der Waals surface area contributed by atoms with E-state index in [0.29, 0.717) is 5.75 Å². The fourth-order valence-corrected chi connectivity index (χ4v) is 3.00. The second-order valence-corrected chi connectivity index (χ2v) is 10.5. The smallest absolute Gasteiger partial charge is 0.380 e. The van der Waals surface area contributed by atoms with Crippen LogP contribution in [0, 0.1) is 0 Å². The minimum absolute atomic E-state index is 0.174. The van der Waals surface area contributed by atoms with Crippen molar-refractivity contribution in [3.8, 4) is 5.75 Å². The number of nitrogens with two attached hydrogens (primary N) is 1. The average Bonchev–Trinajstić information content (AvgIpc) is 2.45. The van der Waals surface area contributed by atoms with Gasteiger partial charge in [0.15, 0.2) is 0 Å². The van der Waals surface area contributed by atoms with Gasteiger partial charge in [-0.1, -0.05) is 0 Å². The molecule has 0 atom stereocenters. The first-order valence-corrected chi connectivity index (χ1v) is 11.4. The minimum atomic E-state index is -4.17. The summed E-state index contributed by atoms with van der Waals surface area (Å²) in [5, 5.41) is 3.88. The van der Waals surface area contributed by atoms with Crippen LogP contribution < -0.4 is 9.66 Å². The maximum absolute atomic E-state index is 11.9. The Labute approximate surface area is 146 Å². The molecule has 0 heterocycles. The molecule has 0 aliphatic rings. The Hall–Kier alpha value is -0.630. The summed E-state index contributed by atoms with van der Waals surface area (Å²) < 4.78 is 65.4. The molecule has 1 aromatic rings. The third kappa shape index (κ3) is 8.46. The van der Waals surface area contributed by atoms with E-state index in [1.807, 2.05) is 0 Å². The van der Waals surface area contributed by atoms with Crippen LogP contribution in [0.4, 0.5) is 0 Å². The van der Waals surface area contributed by atoms with Gasteiger partial charge in [-0.25, -0.2) is 17.9 Å². The predicted molar refractivity (Wildman–Crippen MR) is 92.0 cm³/mol.